The Kier molecular flexibility index (Phi) is 3.49. The van der Waals surface area contributed by atoms with Crippen LogP contribution in [0.4, 0.5) is 0 Å². The molecule has 2 aromatic rings. The van der Waals surface area contributed by atoms with E-state index < -0.39 is 5.79 Å². The van der Waals surface area contributed by atoms with Gasteiger partial charge in [0.05, 0.1) is 12.0 Å². The molecule has 2 heterocycles. The fraction of sp³-hybridized carbons (Fsp3) is 0.294. The fourth-order valence-corrected chi connectivity index (χ4v) is 2.79. The van der Waals surface area contributed by atoms with Crippen LogP contribution in [-0.2, 0) is 6.42 Å². The predicted octanol–water partition coefficient (Wildman–Crippen LogP) is 1.92. The number of hydrogen-bond acceptors (Lipinski definition) is 6. The van der Waals surface area contributed by atoms with Crippen LogP contribution in [0.2, 0.25) is 0 Å². The number of Topliss-reactive ketones (excluding diaryl/α,β-unsaturated/α-hetero) is 1. The number of rotatable bonds is 2. The summed E-state index contributed by atoms with van der Waals surface area (Å²) in [5.41, 5.74) is 0.580. The monoisotopic (exact) mass is 316 g/mol. The molecule has 0 amide bonds. The molecular weight excluding hydrogens is 300 g/mol. The summed E-state index contributed by atoms with van der Waals surface area (Å²) in [5, 5.41) is 19.8. The molecule has 0 aliphatic carbocycles. The third-order valence-electron chi connectivity index (χ3n) is 3.57. The topological polar surface area (TPSA) is 97.0 Å². The van der Waals surface area contributed by atoms with Crippen LogP contribution in [0.15, 0.2) is 33.5 Å². The molecular formula is C17H16O6. The van der Waals surface area contributed by atoms with Gasteiger partial charge in [-0.3, -0.25) is 9.59 Å². The number of carbonyl (C=O) groups excluding carboxylic acids is 1. The van der Waals surface area contributed by atoms with Crippen LogP contribution < -0.4 is 10.2 Å². The maximum absolute atomic E-state index is 12.3. The van der Waals surface area contributed by atoms with Crippen molar-refractivity contribution in [1.82, 2.24) is 0 Å². The van der Waals surface area contributed by atoms with Crippen molar-refractivity contribution in [3.63, 3.8) is 0 Å². The third-order valence-corrected chi connectivity index (χ3v) is 3.57. The van der Waals surface area contributed by atoms with Crippen LogP contribution in [0.25, 0.3) is 0 Å². The summed E-state index contributed by atoms with van der Waals surface area (Å²) in [7, 11) is 0. The van der Waals surface area contributed by atoms with Gasteiger partial charge in [-0.25, -0.2) is 0 Å². The van der Waals surface area contributed by atoms with Gasteiger partial charge < -0.3 is 19.4 Å². The fourth-order valence-electron chi connectivity index (χ4n) is 2.79. The Labute approximate surface area is 132 Å². The van der Waals surface area contributed by atoms with Gasteiger partial charge in [-0.2, -0.15) is 0 Å². The van der Waals surface area contributed by atoms with Crippen molar-refractivity contribution in [3.8, 4) is 11.5 Å². The normalized spacial score (nSPS) is 20.0. The minimum absolute atomic E-state index is 0.0979. The molecule has 23 heavy (non-hydrogen) atoms. The molecule has 6 nitrogen and oxygen atoms in total. The molecule has 6 heteroatoms. The van der Waals surface area contributed by atoms with Crippen molar-refractivity contribution in [2.24, 2.45) is 0 Å². The van der Waals surface area contributed by atoms with E-state index in [9.17, 15) is 19.8 Å². The van der Waals surface area contributed by atoms with Crippen molar-refractivity contribution in [3.05, 3.63) is 57.1 Å². The van der Waals surface area contributed by atoms with Gasteiger partial charge in [0.25, 0.3) is 0 Å². The number of ether oxygens (including phenoxy) is 1. The molecule has 0 bridgehead atoms. The number of phenolic OH excluding ortho intramolecular Hbond substituents is 1. The zero-order valence-corrected chi connectivity index (χ0v) is 12.8. The first-order valence-electron chi connectivity index (χ1n) is 7.15. The number of aryl methyl sites for hydroxylation is 1. The molecule has 3 rings (SSSR count). The molecule has 1 aliphatic heterocycles. The molecule has 0 saturated heterocycles. The van der Waals surface area contributed by atoms with E-state index in [4.69, 9.17) is 9.15 Å². The zero-order chi connectivity index (χ0) is 16.8. The van der Waals surface area contributed by atoms with Gasteiger partial charge in [0.2, 0.25) is 5.79 Å². The average molecular weight is 316 g/mol. The van der Waals surface area contributed by atoms with Gasteiger partial charge >= 0.3 is 0 Å². The molecule has 1 aromatic heterocycles. The zero-order valence-electron chi connectivity index (χ0n) is 12.8. The summed E-state index contributed by atoms with van der Waals surface area (Å²) in [5.74, 6) is -1.03. The van der Waals surface area contributed by atoms with Gasteiger partial charge in [0.15, 0.2) is 11.2 Å². The lowest BCUT2D eigenvalue weighted by atomic mass is 9.92. The van der Waals surface area contributed by atoms with Crippen LogP contribution in [-0.4, -0.2) is 21.8 Å². The van der Waals surface area contributed by atoms with Crippen molar-refractivity contribution in [2.75, 3.05) is 0 Å². The second-order valence-corrected chi connectivity index (χ2v) is 5.90. The lowest BCUT2D eigenvalue weighted by Crippen LogP contribution is -2.39. The second kappa shape index (κ2) is 5.24. The number of phenols is 1. The highest BCUT2D eigenvalue weighted by Gasteiger charge is 2.36. The van der Waals surface area contributed by atoms with Crippen LogP contribution in [0.1, 0.15) is 40.8 Å². The highest BCUT2D eigenvalue weighted by molar-refractivity contribution is 6.01. The maximum Gasteiger partial charge on any atom is 0.212 e. The number of aliphatic hydroxyl groups is 1. The number of benzene rings is 1. The largest absolute Gasteiger partial charge is 0.508 e. The van der Waals surface area contributed by atoms with E-state index >= 15 is 0 Å². The Balaban J connectivity index is 2.08. The first kappa shape index (κ1) is 15.3. The first-order chi connectivity index (χ1) is 10.7. The maximum atomic E-state index is 12.3. The Morgan fingerprint density at radius 2 is 1.96 bits per heavy atom. The van der Waals surface area contributed by atoms with Gasteiger partial charge in [0, 0.05) is 31.5 Å². The lowest BCUT2D eigenvalue weighted by molar-refractivity contribution is -0.123. The number of aromatic hydroxyl groups is 1. The van der Waals surface area contributed by atoms with Crippen molar-refractivity contribution in [2.45, 2.75) is 32.5 Å². The van der Waals surface area contributed by atoms with Gasteiger partial charge in [-0.05, 0) is 18.6 Å². The SMILES string of the molecule is Cc1cc(=O)cc(Cc2cc(O)cc3c2C(=O)C[C@@](C)(O)O3)o1. The highest BCUT2D eigenvalue weighted by Crippen LogP contribution is 2.37. The second-order valence-electron chi connectivity index (χ2n) is 5.90. The summed E-state index contributed by atoms with van der Waals surface area (Å²) in [6.07, 6.45) is -0.0273. The van der Waals surface area contributed by atoms with E-state index in [1.807, 2.05) is 0 Å². The Bertz CT molecular complexity index is 847. The van der Waals surface area contributed by atoms with Crippen molar-refractivity contribution >= 4 is 5.78 Å². The average Bonchev–Trinajstić information content (AvgIpc) is 2.33. The summed E-state index contributed by atoms with van der Waals surface area (Å²) < 4.78 is 10.9. The molecule has 0 radical (unpaired) electrons. The molecule has 1 atom stereocenters. The van der Waals surface area contributed by atoms with Crippen LogP contribution >= 0.6 is 0 Å². The molecule has 0 unspecified atom stereocenters. The van der Waals surface area contributed by atoms with E-state index in [0.29, 0.717) is 22.6 Å². The van der Waals surface area contributed by atoms with E-state index in [1.165, 1.54) is 31.2 Å². The Morgan fingerprint density at radius 1 is 1.22 bits per heavy atom. The molecule has 0 fully saturated rings. The number of ketones is 1. The third kappa shape index (κ3) is 3.12. The minimum Gasteiger partial charge on any atom is -0.508 e. The number of carbonyl (C=O) groups is 1. The highest BCUT2D eigenvalue weighted by atomic mass is 16.6. The van der Waals surface area contributed by atoms with Crippen LogP contribution in [0, 0.1) is 6.92 Å². The van der Waals surface area contributed by atoms with E-state index in [1.54, 1.807) is 6.92 Å². The summed E-state index contributed by atoms with van der Waals surface area (Å²) in [4.78, 5) is 23.9. The smallest absolute Gasteiger partial charge is 0.212 e. The van der Waals surface area contributed by atoms with Gasteiger partial charge in [0.1, 0.15) is 23.0 Å². The predicted molar refractivity (Wildman–Crippen MR) is 80.8 cm³/mol. The molecule has 1 aliphatic rings. The minimum atomic E-state index is -1.61. The summed E-state index contributed by atoms with van der Waals surface area (Å²) in [6.45, 7) is 3.05. The summed E-state index contributed by atoms with van der Waals surface area (Å²) >= 11 is 0. The molecule has 1 aromatic carbocycles. The molecule has 2 N–H and O–H groups in total. The Hall–Kier alpha value is -2.60. The first-order valence-corrected chi connectivity index (χ1v) is 7.15. The van der Waals surface area contributed by atoms with Crippen LogP contribution in [0.3, 0.4) is 0 Å². The lowest BCUT2D eigenvalue weighted by Gasteiger charge is -2.31. The van der Waals surface area contributed by atoms with E-state index in [2.05, 4.69) is 0 Å². The van der Waals surface area contributed by atoms with Crippen molar-refractivity contribution < 1.29 is 24.2 Å². The van der Waals surface area contributed by atoms with Crippen molar-refractivity contribution in [1.29, 1.82) is 0 Å². The standard InChI is InChI=1S/C17H16O6/c1-9-3-11(18)6-13(22-9)5-10-4-12(19)7-15-16(10)14(20)8-17(2,21)23-15/h3-4,6-7,19,21H,5,8H2,1-2H3/t17-/m0/s1. The van der Waals surface area contributed by atoms with Crippen LogP contribution in [0.5, 0.6) is 11.5 Å². The molecule has 120 valence electrons. The number of hydrogen-bond donors (Lipinski definition) is 2. The molecule has 0 saturated carbocycles. The molecule has 0 spiro atoms. The van der Waals surface area contributed by atoms with E-state index in [-0.39, 0.29) is 35.6 Å². The number of fused-ring (bicyclic) bond motifs is 1. The van der Waals surface area contributed by atoms with Gasteiger partial charge in [-0.1, -0.05) is 0 Å². The van der Waals surface area contributed by atoms with Gasteiger partial charge in [-0.15, -0.1) is 0 Å². The van der Waals surface area contributed by atoms with E-state index in [0.717, 1.165) is 0 Å². The Morgan fingerprint density at radius 3 is 2.65 bits per heavy atom. The summed E-state index contributed by atoms with van der Waals surface area (Å²) in [6, 6.07) is 5.43. The quantitative estimate of drug-likeness (QED) is 0.878.